The van der Waals surface area contributed by atoms with Crippen LogP contribution in [-0.2, 0) is 12.8 Å². The predicted octanol–water partition coefficient (Wildman–Crippen LogP) is 3.97. The molecule has 3 rings (SSSR count). The number of nitrogens with one attached hydrogen (secondary N) is 2. The van der Waals surface area contributed by atoms with Crippen molar-refractivity contribution >= 4 is 29.9 Å². The zero-order chi connectivity index (χ0) is 19.6. The third-order valence-electron chi connectivity index (χ3n) is 4.46. The number of benzene rings is 2. The van der Waals surface area contributed by atoms with E-state index in [0.717, 1.165) is 49.6 Å². The maximum Gasteiger partial charge on any atom is 0.190 e. The summed E-state index contributed by atoms with van der Waals surface area (Å²) in [5, 5.41) is 10.9. The predicted molar refractivity (Wildman–Crippen MR) is 127 cm³/mol. The molecule has 0 aliphatic heterocycles. The number of rotatable bonds is 8. The summed E-state index contributed by atoms with van der Waals surface area (Å²) in [6.07, 6.45) is 6.36. The highest BCUT2D eigenvalue weighted by Gasteiger charge is 2.01. The SMILES string of the molecule is CN=C(NCCCc1cccc(F)c1)NCCc1ccc(-n2cccn2)cc1.I. The standard InChI is InChI=1S/C22H26FN5.HI/c1-24-22(25-13-3-6-19-5-2-7-20(23)17-19)26-15-12-18-8-10-21(11-9-18)28-16-4-14-27-28;/h2,4-5,7-11,14,16-17H,3,6,12-13,15H2,1H3,(H2,24,25,26);1H. The van der Waals surface area contributed by atoms with Gasteiger partial charge in [-0.2, -0.15) is 5.10 Å². The monoisotopic (exact) mass is 507 g/mol. The number of hydrogen-bond donors (Lipinski definition) is 2. The Kier molecular flexibility index (Phi) is 9.63. The van der Waals surface area contributed by atoms with Crippen LogP contribution in [0.3, 0.4) is 0 Å². The van der Waals surface area contributed by atoms with E-state index >= 15 is 0 Å². The minimum atomic E-state index is -0.180. The van der Waals surface area contributed by atoms with Gasteiger partial charge in [0.2, 0.25) is 0 Å². The Hall–Kier alpha value is -2.42. The van der Waals surface area contributed by atoms with Crippen LogP contribution >= 0.6 is 24.0 Å². The lowest BCUT2D eigenvalue weighted by Crippen LogP contribution is -2.38. The van der Waals surface area contributed by atoms with Crippen molar-refractivity contribution in [1.29, 1.82) is 0 Å². The van der Waals surface area contributed by atoms with E-state index in [1.807, 2.05) is 23.0 Å². The molecular weight excluding hydrogens is 480 g/mol. The number of guanidine groups is 1. The van der Waals surface area contributed by atoms with Gasteiger partial charge in [-0.25, -0.2) is 9.07 Å². The molecule has 0 fully saturated rings. The van der Waals surface area contributed by atoms with E-state index in [-0.39, 0.29) is 29.8 Å². The van der Waals surface area contributed by atoms with Gasteiger partial charge in [-0.05, 0) is 60.7 Å². The lowest BCUT2D eigenvalue weighted by Gasteiger charge is -2.12. The van der Waals surface area contributed by atoms with E-state index in [2.05, 4.69) is 45.0 Å². The van der Waals surface area contributed by atoms with Crippen molar-refractivity contribution in [1.82, 2.24) is 20.4 Å². The molecule has 0 unspecified atom stereocenters. The van der Waals surface area contributed by atoms with Crippen LogP contribution in [0.4, 0.5) is 4.39 Å². The number of aromatic nitrogens is 2. The molecule has 2 aromatic carbocycles. The third-order valence-corrected chi connectivity index (χ3v) is 4.46. The molecule has 1 heterocycles. The molecular formula is C22H27FIN5. The molecule has 2 N–H and O–H groups in total. The number of nitrogens with zero attached hydrogens (tertiary/aromatic N) is 3. The Balaban J connectivity index is 0.00000300. The average Bonchev–Trinajstić information content (AvgIpc) is 3.25. The van der Waals surface area contributed by atoms with E-state index in [0.29, 0.717) is 0 Å². The lowest BCUT2D eigenvalue weighted by molar-refractivity contribution is 0.624. The Morgan fingerprint density at radius 3 is 2.48 bits per heavy atom. The van der Waals surface area contributed by atoms with Gasteiger partial charge >= 0.3 is 0 Å². The molecule has 0 aliphatic rings. The Morgan fingerprint density at radius 1 is 1.00 bits per heavy atom. The topological polar surface area (TPSA) is 54.2 Å². The molecule has 0 amide bonds. The highest BCUT2D eigenvalue weighted by Crippen LogP contribution is 2.09. The zero-order valence-electron chi connectivity index (χ0n) is 16.5. The van der Waals surface area contributed by atoms with Crippen molar-refractivity contribution in [3.05, 3.63) is 83.9 Å². The second-order valence-corrected chi connectivity index (χ2v) is 6.53. The highest BCUT2D eigenvalue weighted by atomic mass is 127. The van der Waals surface area contributed by atoms with Crippen LogP contribution < -0.4 is 10.6 Å². The summed E-state index contributed by atoms with van der Waals surface area (Å²) in [5.41, 5.74) is 3.32. The normalized spacial score (nSPS) is 11.0. The summed E-state index contributed by atoms with van der Waals surface area (Å²) in [7, 11) is 1.76. The van der Waals surface area contributed by atoms with Crippen LogP contribution in [0, 0.1) is 5.82 Å². The lowest BCUT2D eigenvalue weighted by atomic mass is 10.1. The first-order valence-corrected chi connectivity index (χ1v) is 9.52. The third kappa shape index (κ3) is 7.49. The molecule has 7 heteroatoms. The van der Waals surface area contributed by atoms with Gasteiger partial charge in [0.25, 0.3) is 0 Å². The highest BCUT2D eigenvalue weighted by molar-refractivity contribution is 14.0. The van der Waals surface area contributed by atoms with Gasteiger partial charge in [-0.15, -0.1) is 24.0 Å². The molecule has 0 saturated carbocycles. The van der Waals surface area contributed by atoms with E-state index in [1.165, 1.54) is 11.6 Å². The van der Waals surface area contributed by atoms with Crippen molar-refractivity contribution in [3.8, 4) is 5.69 Å². The fourth-order valence-corrected chi connectivity index (χ4v) is 2.97. The number of aryl methyl sites for hydroxylation is 1. The Labute approximate surface area is 188 Å². The molecule has 0 saturated heterocycles. The first-order valence-electron chi connectivity index (χ1n) is 9.52. The van der Waals surface area contributed by atoms with Crippen LogP contribution in [0.15, 0.2) is 72.0 Å². The van der Waals surface area contributed by atoms with E-state index in [9.17, 15) is 4.39 Å². The Morgan fingerprint density at radius 2 is 1.79 bits per heavy atom. The van der Waals surface area contributed by atoms with Crippen molar-refractivity contribution in [2.75, 3.05) is 20.1 Å². The van der Waals surface area contributed by atoms with Gasteiger partial charge in [0.1, 0.15) is 5.82 Å². The molecule has 3 aromatic rings. The molecule has 5 nitrogen and oxygen atoms in total. The molecule has 1 aromatic heterocycles. The van der Waals surface area contributed by atoms with E-state index in [1.54, 1.807) is 25.4 Å². The molecule has 154 valence electrons. The minimum Gasteiger partial charge on any atom is -0.356 e. The number of halogens is 2. The van der Waals surface area contributed by atoms with Crippen molar-refractivity contribution < 1.29 is 4.39 Å². The van der Waals surface area contributed by atoms with Crippen molar-refractivity contribution in [2.24, 2.45) is 4.99 Å². The zero-order valence-corrected chi connectivity index (χ0v) is 18.8. The largest absolute Gasteiger partial charge is 0.356 e. The number of aliphatic imine (C=N–C) groups is 1. The fraction of sp³-hybridized carbons (Fsp3) is 0.273. The molecule has 29 heavy (non-hydrogen) atoms. The molecule has 0 radical (unpaired) electrons. The summed E-state index contributed by atoms with van der Waals surface area (Å²) < 4.78 is 15.0. The van der Waals surface area contributed by atoms with Crippen LogP contribution in [-0.4, -0.2) is 35.9 Å². The minimum absolute atomic E-state index is 0. The van der Waals surface area contributed by atoms with Gasteiger partial charge in [0.15, 0.2) is 5.96 Å². The molecule has 0 bridgehead atoms. The van der Waals surface area contributed by atoms with Crippen LogP contribution in [0.1, 0.15) is 17.5 Å². The van der Waals surface area contributed by atoms with Crippen LogP contribution in [0.5, 0.6) is 0 Å². The van der Waals surface area contributed by atoms with Crippen LogP contribution in [0.2, 0.25) is 0 Å². The van der Waals surface area contributed by atoms with Gasteiger partial charge in [-0.1, -0.05) is 24.3 Å². The molecule has 0 spiro atoms. The maximum atomic E-state index is 13.2. The smallest absolute Gasteiger partial charge is 0.190 e. The molecule has 0 atom stereocenters. The van der Waals surface area contributed by atoms with Gasteiger partial charge < -0.3 is 10.6 Å². The maximum absolute atomic E-state index is 13.2. The summed E-state index contributed by atoms with van der Waals surface area (Å²) >= 11 is 0. The number of hydrogen-bond acceptors (Lipinski definition) is 2. The average molecular weight is 507 g/mol. The molecule has 0 aliphatic carbocycles. The Bertz CT molecular complexity index is 878. The van der Waals surface area contributed by atoms with Gasteiger partial charge in [0, 0.05) is 32.5 Å². The van der Waals surface area contributed by atoms with Crippen LogP contribution in [0.25, 0.3) is 5.69 Å². The summed E-state index contributed by atoms with van der Waals surface area (Å²) in [6.45, 7) is 1.58. The van der Waals surface area contributed by atoms with Gasteiger partial charge in [-0.3, -0.25) is 4.99 Å². The van der Waals surface area contributed by atoms with E-state index < -0.39 is 0 Å². The summed E-state index contributed by atoms with van der Waals surface area (Å²) in [6, 6.07) is 17.1. The first-order chi connectivity index (χ1) is 13.7. The quantitative estimate of drug-likeness (QED) is 0.210. The van der Waals surface area contributed by atoms with Crippen molar-refractivity contribution in [3.63, 3.8) is 0 Å². The van der Waals surface area contributed by atoms with E-state index in [4.69, 9.17) is 0 Å². The summed E-state index contributed by atoms with van der Waals surface area (Å²) in [4.78, 5) is 4.25. The first kappa shape index (κ1) is 22.9. The van der Waals surface area contributed by atoms with Crippen molar-refractivity contribution in [2.45, 2.75) is 19.3 Å². The second-order valence-electron chi connectivity index (χ2n) is 6.53. The summed E-state index contributed by atoms with van der Waals surface area (Å²) in [5.74, 6) is 0.605. The van der Waals surface area contributed by atoms with Gasteiger partial charge in [0.05, 0.1) is 5.69 Å². The second kappa shape index (κ2) is 12.2. The fourth-order valence-electron chi connectivity index (χ4n) is 2.97.